The molecule has 0 saturated carbocycles. The molecule has 1 rings (SSSR count). The standard InChI is InChI=1S/C11H19NO/c1-10(2,3)4-5-11(8-12)6-7-13-9-11/h4-7,9H2,1-3H3. The van der Waals surface area contributed by atoms with Crippen molar-refractivity contribution in [3.63, 3.8) is 0 Å². The molecule has 0 bridgehead atoms. The predicted molar refractivity (Wildman–Crippen MR) is 52.2 cm³/mol. The summed E-state index contributed by atoms with van der Waals surface area (Å²) in [6.07, 6.45) is 3.00. The minimum atomic E-state index is -0.173. The van der Waals surface area contributed by atoms with Crippen LogP contribution in [-0.2, 0) is 4.74 Å². The second kappa shape index (κ2) is 3.67. The Labute approximate surface area is 80.9 Å². The van der Waals surface area contributed by atoms with Gasteiger partial charge in [-0.15, -0.1) is 0 Å². The van der Waals surface area contributed by atoms with Gasteiger partial charge in [0, 0.05) is 6.61 Å². The van der Waals surface area contributed by atoms with Gasteiger partial charge < -0.3 is 4.74 Å². The van der Waals surface area contributed by atoms with Gasteiger partial charge in [-0.25, -0.2) is 0 Å². The summed E-state index contributed by atoms with van der Waals surface area (Å²) in [4.78, 5) is 0. The summed E-state index contributed by atoms with van der Waals surface area (Å²) in [6.45, 7) is 8.05. The first-order valence-electron chi connectivity index (χ1n) is 4.97. The Morgan fingerprint density at radius 3 is 2.54 bits per heavy atom. The Kier molecular flexibility index (Phi) is 2.98. The van der Waals surface area contributed by atoms with E-state index in [4.69, 9.17) is 10.00 Å². The smallest absolute Gasteiger partial charge is 0.0828 e. The van der Waals surface area contributed by atoms with Crippen LogP contribution < -0.4 is 0 Å². The third kappa shape index (κ3) is 3.00. The summed E-state index contributed by atoms with van der Waals surface area (Å²) in [7, 11) is 0. The molecule has 1 aliphatic heterocycles. The summed E-state index contributed by atoms with van der Waals surface area (Å²) in [5, 5.41) is 9.08. The molecule has 1 unspecified atom stereocenters. The highest BCUT2D eigenvalue weighted by atomic mass is 16.5. The first-order chi connectivity index (χ1) is 5.97. The van der Waals surface area contributed by atoms with Gasteiger partial charge in [0.2, 0.25) is 0 Å². The van der Waals surface area contributed by atoms with E-state index in [0.29, 0.717) is 12.0 Å². The van der Waals surface area contributed by atoms with Crippen LogP contribution in [-0.4, -0.2) is 13.2 Å². The van der Waals surface area contributed by atoms with Gasteiger partial charge in [0.05, 0.1) is 18.1 Å². The summed E-state index contributed by atoms with van der Waals surface area (Å²) >= 11 is 0. The summed E-state index contributed by atoms with van der Waals surface area (Å²) < 4.78 is 5.29. The summed E-state index contributed by atoms with van der Waals surface area (Å²) in [5.41, 5.74) is 0.152. The number of nitriles is 1. The average Bonchev–Trinajstić information content (AvgIpc) is 2.49. The van der Waals surface area contributed by atoms with Crippen LogP contribution in [0.25, 0.3) is 0 Å². The lowest BCUT2D eigenvalue weighted by Crippen LogP contribution is -2.21. The highest BCUT2D eigenvalue weighted by Crippen LogP contribution is 2.36. The molecule has 0 radical (unpaired) electrons. The van der Waals surface area contributed by atoms with Crippen molar-refractivity contribution in [2.24, 2.45) is 10.8 Å². The van der Waals surface area contributed by atoms with Crippen LogP contribution in [0.5, 0.6) is 0 Å². The molecule has 1 aliphatic rings. The van der Waals surface area contributed by atoms with Gasteiger partial charge in [-0.2, -0.15) is 5.26 Å². The van der Waals surface area contributed by atoms with E-state index in [9.17, 15) is 0 Å². The minimum absolute atomic E-state index is 0.173. The molecule has 0 aliphatic carbocycles. The third-order valence-electron chi connectivity index (χ3n) is 2.69. The molecule has 0 aromatic rings. The van der Waals surface area contributed by atoms with E-state index in [-0.39, 0.29) is 5.41 Å². The van der Waals surface area contributed by atoms with Crippen LogP contribution in [0.1, 0.15) is 40.0 Å². The monoisotopic (exact) mass is 181 g/mol. The van der Waals surface area contributed by atoms with Crippen molar-refractivity contribution in [2.45, 2.75) is 40.0 Å². The van der Waals surface area contributed by atoms with Crippen molar-refractivity contribution >= 4 is 0 Å². The number of rotatable bonds is 2. The lowest BCUT2D eigenvalue weighted by atomic mass is 9.78. The van der Waals surface area contributed by atoms with E-state index in [0.717, 1.165) is 25.9 Å². The maximum Gasteiger partial charge on any atom is 0.0828 e. The minimum Gasteiger partial charge on any atom is -0.380 e. The molecular weight excluding hydrogens is 162 g/mol. The topological polar surface area (TPSA) is 33.0 Å². The van der Waals surface area contributed by atoms with Gasteiger partial charge in [0.1, 0.15) is 0 Å². The van der Waals surface area contributed by atoms with E-state index < -0.39 is 0 Å². The first kappa shape index (κ1) is 10.5. The van der Waals surface area contributed by atoms with Crippen LogP contribution in [0, 0.1) is 22.2 Å². The molecule has 1 heterocycles. The van der Waals surface area contributed by atoms with Gasteiger partial charge in [-0.05, 0) is 24.7 Å². The molecule has 74 valence electrons. The molecule has 13 heavy (non-hydrogen) atoms. The molecule has 0 aromatic heterocycles. The van der Waals surface area contributed by atoms with Crippen molar-refractivity contribution in [3.8, 4) is 6.07 Å². The van der Waals surface area contributed by atoms with E-state index >= 15 is 0 Å². The van der Waals surface area contributed by atoms with Crippen molar-refractivity contribution in [1.29, 1.82) is 5.26 Å². The van der Waals surface area contributed by atoms with Crippen molar-refractivity contribution < 1.29 is 4.74 Å². The quantitative estimate of drug-likeness (QED) is 0.656. The maximum absolute atomic E-state index is 9.08. The van der Waals surface area contributed by atoms with Crippen LogP contribution >= 0.6 is 0 Å². The molecule has 0 aromatic carbocycles. The van der Waals surface area contributed by atoms with Crippen molar-refractivity contribution in [2.75, 3.05) is 13.2 Å². The number of ether oxygens (including phenoxy) is 1. The van der Waals surface area contributed by atoms with Crippen LogP contribution in [0.2, 0.25) is 0 Å². The van der Waals surface area contributed by atoms with E-state index in [1.54, 1.807) is 0 Å². The summed E-state index contributed by atoms with van der Waals surface area (Å²) in [5.74, 6) is 0. The SMILES string of the molecule is CC(C)(C)CCC1(C#N)CCOC1. The average molecular weight is 181 g/mol. The first-order valence-corrected chi connectivity index (χ1v) is 4.97. The zero-order valence-corrected chi connectivity index (χ0v) is 8.89. The molecule has 0 amide bonds. The van der Waals surface area contributed by atoms with Crippen LogP contribution in [0.15, 0.2) is 0 Å². The fourth-order valence-electron chi connectivity index (χ4n) is 1.56. The molecule has 0 N–H and O–H groups in total. The molecule has 0 spiro atoms. The van der Waals surface area contributed by atoms with Gasteiger partial charge in [-0.3, -0.25) is 0 Å². The molecule has 2 heteroatoms. The second-order valence-electron chi connectivity index (χ2n) is 5.26. The molecule has 1 fully saturated rings. The Morgan fingerprint density at radius 2 is 2.15 bits per heavy atom. The third-order valence-corrected chi connectivity index (χ3v) is 2.69. The molecular formula is C11H19NO. The normalized spacial score (nSPS) is 28.8. The fraction of sp³-hybridized carbons (Fsp3) is 0.909. The Bertz CT molecular complexity index is 203. The number of hydrogen-bond acceptors (Lipinski definition) is 2. The molecule has 1 atom stereocenters. The highest BCUT2D eigenvalue weighted by molar-refractivity contribution is 5.01. The predicted octanol–water partition coefficient (Wildman–Crippen LogP) is 2.74. The van der Waals surface area contributed by atoms with Crippen molar-refractivity contribution in [3.05, 3.63) is 0 Å². The van der Waals surface area contributed by atoms with Gasteiger partial charge in [0.15, 0.2) is 0 Å². The van der Waals surface area contributed by atoms with E-state index in [1.807, 2.05) is 0 Å². The lowest BCUT2D eigenvalue weighted by molar-refractivity contribution is 0.161. The molecule has 2 nitrogen and oxygen atoms in total. The van der Waals surface area contributed by atoms with Crippen LogP contribution in [0.4, 0.5) is 0 Å². The number of hydrogen-bond donors (Lipinski definition) is 0. The van der Waals surface area contributed by atoms with Gasteiger partial charge >= 0.3 is 0 Å². The zero-order valence-electron chi connectivity index (χ0n) is 8.89. The Hall–Kier alpha value is -0.550. The van der Waals surface area contributed by atoms with Crippen LogP contribution in [0.3, 0.4) is 0 Å². The number of nitrogens with zero attached hydrogens (tertiary/aromatic N) is 1. The lowest BCUT2D eigenvalue weighted by Gasteiger charge is -2.24. The Balaban J connectivity index is 2.46. The van der Waals surface area contributed by atoms with Crippen molar-refractivity contribution in [1.82, 2.24) is 0 Å². The van der Waals surface area contributed by atoms with Gasteiger partial charge in [-0.1, -0.05) is 20.8 Å². The molecule has 1 saturated heterocycles. The van der Waals surface area contributed by atoms with E-state index in [2.05, 4.69) is 26.8 Å². The summed E-state index contributed by atoms with van der Waals surface area (Å²) in [6, 6.07) is 2.42. The second-order valence-corrected chi connectivity index (χ2v) is 5.26. The van der Waals surface area contributed by atoms with Gasteiger partial charge in [0.25, 0.3) is 0 Å². The van der Waals surface area contributed by atoms with E-state index in [1.165, 1.54) is 0 Å². The fourth-order valence-corrected chi connectivity index (χ4v) is 1.56. The highest BCUT2D eigenvalue weighted by Gasteiger charge is 2.35. The maximum atomic E-state index is 9.08. The largest absolute Gasteiger partial charge is 0.380 e. The Morgan fingerprint density at radius 1 is 1.46 bits per heavy atom. The zero-order chi connectivity index (χ0) is 9.95.